The van der Waals surface area contributed by atoms with Gasteiger partial charge in [-0.2, -0.15) is 0 Å². The molecule has 0 saturated heterocycles. The standard InChI is InChI=1S/C27H30N4O2/c1-27(2,3)20-12-14-21(15-13-20)33-18-8-17-31-24-11-5-4-9-22(24)30-25(31)19-29-26(32)23-10-6-7-16-28-23/h4-7,9-16H,8,17-19H2,1-3H3,(H,29,32). The SMILES string of the molecule is CC(C)(C)c1ccc(OCCCn2c(CNC(=O)c3ccccn3)nc3ccccc32)cc1. The number of benzene rings is 2. The third kappa shape index (κ3) is 5.58. The highest BCUT2D eigenvalue weighted by Gasteiger charge is 2.14. The highest BCUT2D eigenvalue weighted by atomic mass is 16.5. The van der Waals surface area contributed by atoms with E-state index in [1.807, 2.05) is 30.3 Å². The Hall–Kier alpha value is -3.67. The number of rotatable bonds is 8. The quantitative estimate of drug-likeness (QED) is 0.384. The second kappa shape index (κ2) is 9.86. The van der Waals surface area contributed by atoms with Gasteiger partial charge in [-0.1, -0.05) is 51.1 Å². The number of nitrogens with zero attached hydrogens (tertiary/aromatic N) is 3. The molecule has 0 radical (unpaired) electrons. The molecule has 0 aliphatic heterocycles. The third-order valence-corrected chi connectivity index (χ3v) is 5.55. The number of aryl methyl sites for hydroxylation is 1. The van der Waals surface area contributed by atoms with Gasteiger partial charge in [0.05, 0.1) is 24.2 Å². The fourth-order valence-corrected chi connectivity index (χ4v) is 3.72. The molecule has 2 aromatic carbocycles. The van der Waals surface area contributed by atoms with Gasteiger partial charge in [0.15, 0.2) is 0 Å². The zero-order valence-electron chi connectivity index (χ0n) is 19.4. The topological polar surface area (TPSA) is 69.0 Å². The number of para-hydroxylation sites is 2. The van der Waals surface area contributed by atoms with E-state index in [2.05, 4.69) is 53.8 Å². The van der Waals surface area contributed by atoms with Crippen molar-refractivity contribution in [3.8, 4) is 5.75 Å². The second-order valence-electron chi connectivity index (χ2n) is 9.04. The molecule has 0 bridgehead atoms. The van der Waals surface area contributed by atoms with Crippen molar-refractivity contribution in [3.05, 3.63) is 90.0 Å². The van der Waals surface area contributed by atoms with Crippen LogP contribution < -0.4 is 10.1 Å². The van der Waals surface area contributed by atoms with Crippen LogP contribution >= 0.6 is 0 Å². The van der Waals surface area contributed by atoms with E-state index in [1.165, 1.54) is 5.56 Å². The van der Waals surface area contributed by atoms with Crippen molar-refractivity contribution in [2.24, 2.45) is 0 Å². The molecule has 4 rings (SSSR count). The molecule has 1 amide bonds. The Morgan fingerprint density at radius 3 is 2.48 bits per heavy atom. The van der Waals surface area contributed by atoms with E-state index in [0.29, 0.717) is 18.8 Å². The minimum atomic E-state index is -0.212. The van der Waals surface area contributed by atoms with Gasteiger partial charge in [0.2, 0.25) is 0 Å². The summed E-state index contributed by atoms with van der Waals surface area (Å²) in [4.78, 5) is 21.3. The summed E-state index contributed by atoms with van der Waals surface area (Å²) >= 11 is 0. The summed E-state index contributed by atoms with van der Waals surface area (Å²) < 4.78 is 8.12. The Morgan fingerprint density at radius 2 is 1.76 bits per heavy atom. The number of hydrogen-bond donors (Lipinski definition) is 1. The van der Waals surface area contributed by atoms with Crippen molar-refractivity contribution in [1.82, 2.24) is 19.9 Å². The zero-order valence-corrected chi connectivity index (χ0v) is 19.4. The number of hydrogen-bond acceptors (Lipinski definition) is 4. The Bertz CT molecular complexity index is 1210. The van der Waals surface area contributed by atoms with Crippen LogP contribution in [0.1, 0.15) is 49.1 Å². The Kier molecular flexibility index (Phi) is 6.73. The fraction of sp³-hybridized carbons (Fsp3) is 0.296. The minimum absolute atomic E-state index is 0.128. The van der Waals surface area contributed by atoms with Crippen LogP contribution in [0.25, 0.3) is 11.0 Å². The van der Waals surface area contributed by atoms with E-state index in [9.17, 15) is 4.79 Å². The monoisotopic (exact) mass is 442 g/mol. The van der Waals surface area contributed by atoms with Gasteiger partial charge >= 0.3 is 0 Å². The van der Waals surface area contributed by atoms with Crippen LogP contribution in [0.4, 0.5) is 0 Å². The van der Waals surface area contributed by atoms with Gasteiger partial charge in [0.1, 0.15) is 17.3 Å². The Morgan fingerprint density at radius 1 is 1.00 bits per heavy atom. The molecule has 33 heavy (non-hydrogen) atoms. The molecule has 0 aliphatic rings. The second-order valence-corrected chi connectivity index (χ2v) is 9.04. The first-order chi connectivity index (χ1) is 15.9. The van der Waals surface area contributed by atoms with Gasteiger partial charge in [-0.3, -0.25) is 9.78 Å². The summed E-state index contributed by atoms with van der Waals surface area (Å²) in [7, 11) is 0. The predicted octanol–water partition coefficient (Wildman–Crippen LogP) is 5.13. The molecule has 170 valence electrons. The number of amides is 1. The minimum Gasteiger partial charge on any atom is -0.494 e. The van der Waals surface area contributed by atoms with E-state index in [1.54, 1.807) is 24.4 Å². The maximum atomic E-state index is 12.4. The third-order valence-electron chi connectivity index (χ3n) is 5.55. The van der Waals surface area contributed by atoms with E-state index >= 15 is 0 Å². The zero-order chi connectivity index (χ0) is 23.3. The molecular formula is C27H30N4O2. The lowest BCUT2D eigenvalue weighted by Crippen LogP contribution is -2.25. The fourth-order valence-electron chi connectivity index (χ4n) is 3.72. The molecule has 1 N–H and O–H groups in total. The molecular weight excluding hydrogens is 412 g/mol. The first-order valence-electron chi connectivity index (χ1n) is 11.3. The first-order valence-corrected chi connectivity index (χ1v) is 11.3. The number of nitrogens with one attached hydrogen (secondary N) is 1. The summed E-state index contributed by atoms with van der Waals surface area (Å²) in [5.41, 5.74) is 3.78. The summed E-state index contributed by atoms with van der Waals surface area (Å²) in [6.07, 6.45) is 2.43. The first kappa shape index (κ1) is 22.5. The normalized spacial score (nSPS) is 11.5. The van der Waals surface area contributed by atoms with Crippen LogP contribution in [0.5, 0.6) is 5.75 Å². The number of fused-ring (bicyclic) bond motifs is 1. The van der Waals surface area contributed by atoms with E-state index < -0.39 is 0 Å². The average molecular weight is 443 g/mol. The summed E-state index contributed by atoms with van der Waals surface area (Å²) in [5, 5.41) is 2.93. The van der Waals surface area contributed by atoms with Crippen molar-refractivity contribution in [2.75, 3.05) is 6.61 Å². The average Bonchev–Trinajstić information content (AvgIpc) is 3.18. The van der Waals surface area contributed by atoms with Crippen LogP contribution in [-0.2, 0) is 18.5 Å². The predicted molar refractivity (Wildman–Crippen MR) is 130 cm³/mol. The maximum absolute atomic E-state index is 12.4. The number of carbonyl (C=O) groups excluding carboxylic acids is 1. The lowest BCUT2D eigenvalue weighted by molar-refractivity contribution is 0.0944. The molecule has 0 unspecified atom stereocenters. The summed E-state index contributed by atoms with van der Waals surface area (Å²) in [6.45, 7) is 8.29. The van der Waals surface area contributed by atoms with Crippen molar-refractivity contribution in [2.45, 2.75) is 45.7 Å². The lowest BCUT2D eigenvalue weighted by Gasteiger charge is -2.19. The highest BCUT2D eigenvalue weighted by molar-refractivity contribution is 5.92. The molecule has 2 aromatic heterocycles. The van der Waals surface area contributed by atoms with Crippen LogP contribution in [0.2, 0.25) is 0 Å². The van der Waals surface area contributed by atoms with Gasteiger partial charge in [-0.25, -0.2) is 4.98 Å². The molecule has 0 saturated carbocycles. The molecule has 0 spiro atoms. The van der Waals surface area contributed by atoms with Crippen molar-refractivity contribution >= 4 is 16.9 Å². The highest BCUT2D eigenvalue weighted by Crippen LogP contribution is 2.24. The summed E-state index contributed by atoms with van der Waals surface area (Å²) in [6, 6.07) is 21.6. The number of imidazole rings is 1. The van der Waals surface area contributed by atoms with Gasteiger partial charge in [0.25, 0.3) is 5.91 Å². The largest absolute Gasteiger partial charge is 0.494 e. The molecule has 6 heteroatoms. The van der Waals surface area contributed by atoms with Gasteiger partial charge in [0, 0.05) is 12.7 Å². The molecule has 2 heterocycles. The van der Waals surface area contributed by atoms with Crippen molar-refractivity contribution in [1.29, 1.82) is 0 Å². The van der Waals surface area contributed by atoms with Gasteiger partial charge < -0.3 is 14.6 Å². The molecule has 0 aliphatic carbocycles. The van der Waals surface area contributed by atoms with Crippen LogP contribution in [0.3, 0.4) is 0 Å². The van der Waals surface area contributed by atoms with Crippen molar-refractivity contribution < 1.29 is 9.53 Å². The smallest absolute Gasteiger partial charge is 0.270 e. The molecule has 6 nitrogen and oxygen atoms in total. The Balaban J connectivity index is 1.39. The van der Waals surface area contributed by atoms with Crippen molar-refractivity contribution in [3.63, 3.8) is 0 Å². The molecule has 0 fully saturated rings. The lowest BCUT2D eigenvalue weighted by atomic mass is 9.87. The molecule has 4 aromatic rings. The Labute approximate surface area is 194 Å². The van der Waals surface area contributed by atoms with Crippen LogP contribution in [0.15, 0.2) is 72.9 Å². The van der Waals surface area contributed by atoms with Crippen LogP contribution in [0, 0.1) is 0 Å². The van der Waals surface area contributed by atoms with E-state index in [-0.39, 0.29) is 11.3 Å². The van der Waals surface area contributed by atoms with E-state index in [4.69, 9.17) is 9.72 Å². The van der Waals surface area contributed by atoms with E-state index in [0.717, 1.165) is 35.6 Å². The number of ether oxygens (including phenoxy) is 1. The van der Waals surface area contributed by atoms with Gasteiger partial charge in [-0.05, 0) is 53.8 Å². The van der Waals surface area contributed by atoms with Crippen LogP contribution in [-0.4, -0.2) is 27.0 Å². The maximum Gasteiger partial charge on any atom is 0.270 e. The summed E-state index contributed by atoms with van der Waals surface area (Å²) in [5.74, 6) is 1.48. The number of aromatic nitrogens is 3. The number of carbonyl (C=O) groups is 1. The number of pyridine rings is 1. The van der Waals surface area contributed by atoms with Gasteiger partial charge in [-0.15, -0.1) is 0 Å². The molecule has 0 atom stereocenters.